The van der Waals surface area contributed by atoms with Gasteiger partial charge < -0.3 is 11.1 Å². The van der Waals surface area contributed by atoms with Crippen molar-refractivity contribution in [2.24, 2.45) is 0 Å². The number of hydrogen-bond acceptors (Lipinski definition) is 2. The van der Waals surface area contributed by atoms with Gasteiger partial charge in [0.1, 0.15) is 11.6 Å². The van der Waals surface area contributed by atoms with Gasteiger partial charge >= 0.3 is 0 Å². The van der Waals surface area contributed by atoms with E-state index in [1.54, 1.807) is 7.05 Å². The molecule has 80 valence electrons. The van der Waals surface area contributed by atoms with Gasteiger partial charge in [0.15, 0.2) is 0 Å². The zero-order chi connectivity index (χ0) is 11.3. The Hall–Kier alpha value is -1.60. The highest BCUT2D eigenvalue weighted by atomic mass is 19.1. The smallest absolute Gasteiger partial charge is 0.143 e. The van der Waals surface area contributed by atoms with Crippen LogP contribution in [0.15, 0.2) is 12.1 Å². The predicted molar refractivity (Wildman–Crippen MR) is 56.2 cm³/mol. The molecule has 0 radical (unpaired) electrons. The van der Waals surface area contributed by atoms with Gasteiger partial charge in [0, 0.05) is 19.0 Å². The molecule has 0 atom stereocenters. The largest absolute Gasteiger partial charge is 0.398 e. The van der Waals surface area contributed by atoms with Crippen molar-refractivity contribution in [3.05, 3.63) is 29.3 Å². The molecule has 4 heteroatoms. The number of nitrogens with one attached hydrogen (secondary N) is 1. The third-order valence-electron chi connectivity index (χ3n) is 1.80. The molecule has 0 fully saturated rings. The lowest BCUT2D eigenvalue weighted by atomic mass is 10.1. The highest BCUT2D eigenvalue weighted by Crippen LogP contribution is 2.16. The van der Waals surface area contributed by atoms with Gasteiger partial charge in [-0.2, -0.15) is 0 Å². The van der Waals surface area contributed by atoms with Gasteiger partial charge in [0.25, 0.3) is 0 Å². The number of rotatable bonds is 2. The maximum absolute atomic E-state index is 13.2. The van der Waals surface area contributed by atoms with E-state index in [4.69, 9.17) is 5.73 Å². The summed E-state index contributed by atoms with van der Waals surface area (Å²) in [6.07, 6.45) is 0.590. The first-order valence-electron chi connectivity index (χ1n) is 4.53. The Morgan fingerprint density at radius 2 is 2.13 bits per heavy atom. The molecule has 0 unspecified atom stereocenters. The summed E-state index contributed by atoms with van der Waals surface area (Å²) in [5, 5.41) is 2.90. The van der Waals surface area contributed by atoms with E-state index < -0.39 is 11.6 Å². The lowest BCUT2D eigenvalue weighted by molar-refractivity contribution is 0.582. The van der Waals surface area contributed by atoms with Gasteiger partial charge in [-0.05, 0) is 13.1 Å². The van der Waals surface area contributed by atoms with E-state index in [0.717, 1.165) is 18.7 Å². The summed E-state index contributed by atoms with van der Waals surface area (Å²) < 4.78 is 25.9. The molecule has 3 N–H and O–H groups in total. The minimum absolute atomic E-state index is 0.0319. The topological polar surface area (TPSA) is 38.0 Å². The minimum Gasteiger partial charge on any atom is -0.398 e. The Morgan fingerprint density at radius 3 is 2.73 bits per heavy atom. The highest BCUT2D eigenvalue weighted by Gasteiger charge is 2.05. The van der Waals surface area contributed by atoms with Crippen LogP contribution in [0.1, 0.15) is 12.0 Å². The van der Waals surface area contributed by atoms with Crippen LogP contribution in [0.4, 0.5) is 14.5 Å². The van der Waals surface area contributed by atoms with Gasteiger partial charge in [0.2, 0.25) is 0 Å². The average Bonchev–Trinajstić information content (AvgIpc) is 2.15. The monoisotopic (exact) mass is 210 g/mol. The van der Waals surface area contributed by atoms with Gasteiger partial charge in [-0.15, -0.1) is 0 Å². The summed E-state index contributed by atoms with van der Waals surface area (Å²) in [5.74, 6) is 3.93. The van der Waals surface area contributed by atoms with E-state index in [1.165, 1.54) is 0 Å². The molecule has 0 heterocycles. The third-order valence-corrected chi connectivity index (χ3v) is 1.80. The van der Waals surface area contributed by atoms with Crippen LogP contribution >= 0.6 is 0 Å². The standard InChI is InChI=1S/C11H12F2N2/c1-15-5-3-2-4-9-10(13)6-8(12)7-11(9)14/h6-7,15H,3,5,14H2,1H3. The summed E-state index contributed by atoms with van der Waals surface area (Å²) in [7, 11) is 1.80. The van der Waals surface area contributed by atoms with Crippen LogP contribution in [-0.4, -0.2) is 13.6 Å². The summed E-state index contributed by atoms with van der Waals surface area (Å²) in [5.41, 5.74) is 5.53. The molecule has 0 bridgehead atoms. The molecular formula is C11H12F2N2. The Kier molecular flexibility index (Phi) is 4.07. The van der Waals surface area contributed by atoms with E-state index in [0.29, 0.717) is 6.42 Å². The van der Waals surface area contributed by atoms with Crippen molar-refractivity contribution < 1.29 is 8.78 Å². The SMILES string of the molecule is CNCCC#Cc1c(N)cc(F)cc1F. The normalized spacial score (nSPS) is 9.53. The van der Waals surface area contributed by atoms with Crippen molar-refractivity contribution in [1.29, 1.82) is 0 Å². The zero-order valence-corrected chi connectivity index (χ0v) is 8.40. The van der Waals surface area contributed by atoms with Gasteiger partial charge in [-0.3, -0.25) is 0 Å². The van der Waals surface area contributed by atoms with E-state index in [-0.39, 0.29) is 11.3 Å². The summed E-state index contributed by atoms with van der Waals surface area (Å²) in [4.78, 5) is 0. The second-order valence-electron chi connectivity index (χ2n) is 3.01. The summed E-state index contributed by atoms with van der Waals surface area (Å²) in [6.45, 7) is 0.718. The first kappa shape index (κ1) is 11.5. The van der Waals surface area contributed by atoms with Crippen LogP contribution in [0.5, 0.6) is 0 Å². The first-order valence-corrected chi connectivity index (χ1v) is 4.53. The van der Waals surface area contributed by atoms with Crippen molar-refractivity contribution in [2.75, 3.05) is 19.3 Å². The maximum atomic E-state index is 13.2. The first-order chi connectivity index (χ1) is 7.15. The molecule has 0 saturated carbocycles. The number of halogens is 2. The van der Waals surface area contributed by atoms with Crippen LogP contribution in [0, 0.1) is 23.5 Å². The average molecular weight is 210 g/mol. The Morgan fingerprint density at radius 1 is 1.40 bits per heavy atom. The van der Waals surface area contributed by atoms with Gasteiger partial charge in [-0.25, -0.2) is 8.78 Å². The lowest BCUT2D eigenvalue weighted by Crippen LogP contribution is -2.06. The molecule has 0 spiro atoms. The van der Waals surface area contributed by atoms with Crippen molar-refractivity contribution in [3.8, 4) is 11.8 Å². The van der Waals surface area contributed by atoms with Crippen LogP contribution in [0.2, 0.25) is 0 Å². The molecule has 0 aliphatic heterocycles. The Balaban J connectivity index is 2.88. The van der Waals surface area contributed by atoms with Crippen molar-refractivity contribution in [2.45, 2.75) is 6.42 Å². The maximum Gasteiger partial charge on any atom is 0.143 e. The zero-order valence-electron chi connectivity index (χ0n) is 8.40. The van der Waals surface area contributed by atoms with Crippen LogP contribution < -0.4 is 11.1 Å². The van der Waals surface area contributed by atoms with Crippen LogP contribution in [0.3, 0.4) is 0 Å². The second kappa shape index (κ2) is 5.32. The fourth-order valence-electron chi connectivity index (χ4n) is 1.06. The number of hydrogen-bond donors (Lipinski definition) is 2. The van der Waals surface area contributed by atoms with E-state index in [1.807, 2.05) is 0 Å². The van der Waals surface area contributed by atoms with E-state index in [2.05, 4.69) is 17.2 Å². The molecular weight excluding hydrogens is 198 g/mol. The number of anilines is 1. The quantitative estimate of drug-likeness (QED) is 0.441. The Labute approximate surface area is 87.5 Å². The van der Waals surface area contributed by atoms with Crippen molar-refractivity contribution in [1.82, 2.24) is 5.32 Å². The molecule has 0 aliphatic carbocycles. The van der Waals surface area contributed by atoms with Crippen LogP contribution in [-0.2, 0) is 0 Å². The second-order valence-corrected chi connectivity index (χ2v) is 3.01. The van der Waals surface area contributed by atoms with E-state index >= 15 is 0 Å². The van der Waals surface area contributed by atoms with Gasteiger partial charge in [-0.1, -0.05) is 11.8 Å². The molecule has 15 heavy (non-hydrogen) atoms. The van der Waals surface area contributed by atoms with Crippen molar-refractivity contribution in [3.63, 3.8) is 0 Å². The molecule has 1 aromatic carbocycles. The molecule has 0 aliphatic rings. The molecule has 0 saturated heterocycles. The summed E-state index contributed by atoms with van der Waals surface area (Å²) in [6, 6.07) is 1.84. The fraction of sp³-hybridized carbons (Fsp3) is 0.273. The number of benzene rings is 1. The minimum atomic E-state index is -0.718. The van der Waals surface area contributed by atoms with Crippen molar-refractivity contribution >= 4 is 5.69 Å². The molecule has 1 rings (SSSR count). The predicted octanol–water partition coefficient (Wildman–Crippen LogP) is 1.51. The molecule has 0 aromatic heterocycles. The number of nitrogen functional groups attached to an aromatic ring is 1. The van der Waals surface area contributed by atoms with E-state index in [9.17, 15) is 8.78 Å². The highest BCUT2D eigenvalue weighted by molar-refractivity contribution is 5.56. The molecule has 2 nitrogen and oxygen atoms in total. The van der Waals surface area contributed by atoms with Crippen LogP contribution in [0.25, 0.3) is 0 Å². The number of nitrogens with two attached hydrogens (primary N) is 1. The lowest BCUT2D eigenvalue weighted by Gasteiger charge is -1.99. The third kappa shape index (κ3) is 3.22. The van der Waals surface area contributed by atoms with Gasteiger partial charge in [0.05, 0.1) is 11.3 Å². The molecule has 1 aromatic rings. The fourth-order valence-corrected chi connectivity index (χ4v) is 1.06. The Bertz CT molecular complexity index is 382. The molecule has 0 amide bonds. The summed E-state index contributed by atoms with van der Waals surface area (Å²) >= 11 is 0.